The second kappa shape index (κ2) is 10.9. The number of piperidine rings is 1. The Balaban J connectivity index is 1.33. The normalized spacial score (nSPS) is 22.7. The molecule has 2 atom stereocenters. The van der Waals surface area contributed by atoms with Crippen LogP contribution in [-0.2, 0) is 14.3 Å². The molecule has 196 valence electrons. The van der Waals surface area contributed by atoms with E-state index in [9.17, 15) is 14.4 Å². The lowest BCUT2D eigenvalue weighted by Gasteiger charge is -2.44. The fourth-order valence-electron chi connectivity index (χ4n) is 5.42. The Morgan fingerprint density at radius 2 is 1.78 bits per heavy atom. The van der Waals surface area contributed by atoms with Crippen molar-refractivity contribution in [2.45, 2.75) is 43.6 Å². The second-order valence-corrected chi connectivity index (χ2v) is 9.72. The van der Waals surface area contributed by atoms with Crippen LogP contribution in [0.25, 0.3) is 0 Å². The average molecular weight is 508 g/mol. The van der Waals surface area contributed by atoms with E-state index in [0.29, 0.717) is 56.0 Å². The molecule has 0 saturated carbocycles. The average Bonchev–Trinajstić information content (AvgIpc) is 3.60. The van der Waals surface area contributed by atoms with Crippen LogP contribution in [0, 0.1) is 0 Å². The number of nitrogens with one attached hydrogen (secondary N) is 1. The Morgan fingerprint density at radius 1 is 1.03 bits per heavy atom. The predicted octanol–water partition coefficient (Wildman–Crippen LogP) is 2.46. The Morgan fingerprint density at radius 3 is 2.49 bits per heavy atom. The third-order valence-electron chi connectivity index (χ3n) is 7.48. The summed E-state index contributed by atoms with van der Waals surface area (Å²) < 4.78 is 17.2. The predicted molar refractivity (Wildman–Crippen MR) is 135 cm³/mol. The Labute approximate surface area is 216 Å². The highest BCUT2D eigenvalue weighted by atomic mass is 16.5. The number of hydrogen-bond donors (Lipinski definition) is 1. The molecular formula is C28H33N3O6. The smallest absolute Gasteiger partial charge is 0.256 e. The van der Waals surface area contributed by atoms with E-state index in [4.69, 9.17) is 14.2 Å². The first-order chi connectivity index (χ1) is 18.0. The number of rotatable bonds is 6. The summed E-state index contributed by atoms with van der Waals surface area (Å²) in [6.07, 6.45) is 2.73. The quantitative estimate of drug-likeness (QED) is 0.645. The molecule has 1 spiro atoms. The van der Waals surface area contributed by atoms with Gasteiger partial charge in [-0.25, -0.2) is 0 Å². The van der Waals surface area contributed by atoms with E-state index >= 15 is 0 Å². The Hall–Kier alpha value is -3.43. The van der Waals surface area contributed by atoms with Crippen LogP contribution in [-0.4, -0.2) is 85.3 Å². The van der Waals surface area contributed by atoms with E-state index < -0.39 is 11.8 Å². The van der Waals surface area contributed by atoms with E-state index in [1.807, 2.05) is 6.07 Å². The zero-order valence-corrected chi connectivity index (χ0v) is 21.1. The number of nitrogens with zero attached hydrogens (tertiary/aromatic N) is 2. The van der Waals surface area contributed by atoms with Crippen LogP contribution in [0.15, 0.2) is 54.6 Å². The van der Waals surface area contributed by atoms with Crippen molar-refractivity contribution >= 4 is 17.7 Å². The molecule has 3 amide bonds. The highest BCUT2D eigenvalue weighted by Gasteiger charge is 2.54. The van der Waals surface area contributed by atoms with Gasteiger partial charge in [-0.2, -0.15) is 0 Å². The molecule has 0 bridgehead atoms. The van der Waals surface area contributed by atoms with Crippen LogP contribution in [0.4, 0.5) is 0 Å². The van der Waals surface area contributed by atoms with E-state index in [0.717, 1.165) is 12.8 Å². The second-order valence-electron chi connectivity index (χ2n) is 9.72. The van der Waals surface area contributed by atoms with Crippen molar-refractivity contribution < 1.29 is 28.6 Å². The molecule has 9 heteroatoms. The number of hydrogen-bond acceptors (Lipinski definition) is 6. The van der Waals surface area contributed by atoms with Crippen LogP contribution >= 0.6 is 0 Å². The van der Waals surface area contributed by atoms with Crippen molar-refractivity contribution in [1.82, 2.24) is 15.1 Å². The third-order valence-corrected chi connectivity index (χ3v) is 7.48. The number of ether oxygens (including phenoxy) is 3. The van der Waals surface area contributed by atoms with Crippen molar-refractivity contribution in [1.29, 1.82) is 0 Å². The largest absolute Gasteiger partial charge is 0.497 e. The summed E-state index contributed by atoms with van der Waals surface area (Å²) in [5.41, 5.74) is 0.0923. The first kappa shape index (κ1) is 25.2. The monoisotopic (exact) mass is 507 g/mol. The SMILES string of the molecule is COc1cccc(C(=O)N2CCC3(CC2)OC[C@@H](C(=O)NC[C@H]2CCCO2)N3C(=O)c2ccccc2)c1. The van der Waals surface area contributed by atoms with Crippen LogP contribution in [0.3, 0.4) is 0 Å². The first-order valence-corrected chi connectivity index (χ1v) is 12.9. The van der Waals surface area contributed by atoms with Crippen molar-refractivity contribution in [3.63, 3.8) is 0 Å². The molecule has 3 aliphatic heterocycles. The molecule has 3 heterocycles. The van der Waals surface area contributed by atoms with Gasteiger partial charge in [0.1, 0.15) is 17.5 Å². The highest BCUT2D eigenvalue weighted by Crippen LogP contribution is 2.39. The van der Waals surface area contributed by atoms with Gasteiger partial charge in [0, 0.05) is 50.2 Å². The maximum atomic E-state index is 13.7. The summed E-state index contributed by atoms with van der Waals surface area (Å²) in [4.78, 5) is 43.6. The van der Waals surface area contributed by atoms with E-state index in [2.05, 4.69) is 5.32 Å². The Bertz CT molecular complexity index is 1130. The maximum Gasteiger partial charge on any atom is 0.256 e. The number of carbonyl (C=O) groups excluding carboxylic acids is 3. The minimum Gasteiger partial charge on any atom is -0.497 e. The topological polar surface area (TPSA) is 97.4 Å². The molecule has 3 fully saturated rings. The van der Waals surface area contributed by atoms with Crippen LogP contribution in [0.5, 0.6) is 5.75 Å². The van der Waals surface area contributed by atoms with Crippen LogP contribution in [0.2, 0.25) is 0 Å². The highest BCUT2D eigenvalue weighted by molar-refractivity contribution is 5.98. The lowest BCUT2D eigenvalue weighted by molar-refractivity contribution is -0.128. The molecule has 2 aromatic carbocycles. The summed E-state index contributed by atoms with van der Waals surface area (Å²) in [5.74, 6) is 0.0305. The molecule has 1 N–H and O–H groups in total. The van der Waals surface area contributed by atoms with E-state index in [1.54, 1.807) is 65.4 Å². The minimum absolute atomic E-state index is 0.00404. The van der Waals surface area contributed by atoms with Crippen molar-refractivity contribution in [2.24, 2.45) is 0 Å². The Kier molecular flexibility index (Phi) is 7.43. The summed E-state index contributed by atoms with van der Waals surface area (Å²) in [6.45, 7) is 2.04. The van der Waals surface area contributed by atoms with E-state index in [-0.39, 0.29) is 30.4 Å². The minimum atomic E-state index is -0.954. The zero-order chi connectivity index (χ0) is 25.8. The van der Waals surface area contributed by atoms with Gasteiger partial charge in [-0.05, 0) is 43.2 Å². The lowest BCUT2D eigenvalue weighted by atomic mass is 9.96. The van der Waals surface area contributed by atoms with Crippen molar-refractivity contribution in [3.05, 3.63) is 65.7 Å². The van der Waals surface area contributed by atoms with Gasteiger partial charge in [0.05, 0.1) is 19.8 Å². The molecule has 0 radical (unpaired) electrons. The van der Waals surface area contributed by atoms with Gasteiger partial charge < -0.3 is 24.4 Å². The number of methoxy groups -OCH3 is 1. The van der Waals surface area contributed by atoms with Gasteiger partial charge in [-0.15, -0.1) is 0 Å². The molecule has 0 aromatic heterocycles. The number of benzene rings is 2. The molecule has 0 unspecified atom stereocenters. The molecule has 3 aliphatic rings. The van der Waals surface area contributed by atoms with Gasteiger partial charge in [0.2, 0.25) is 5.91 Å². The van der Waals surface area contributed by atoms with Crippen molar-refractivity contribution in [3.8, 4) is 5.75 Å². The molecule has 37 heavy (non-hydrogen) atoms. The first-order valence-electron chi connectivity index (χ1n) is 12.9. The summed E-state index contributed by atoms with van der Waals surface area (Å²) in [6, 6.07) is 15.3. The zero-order valence-electron chi connectivity index (χ0n) is 21.1. The van der Waals surface area contributed by atoms with Crippen LogP contribution < -0.4 is 10.1 Å². The number of amides is 3. The van der Waals surface area contributed by atoms with Gasteiger partial charge in [0.15, 0.2) is 0 Å². The lowest BCUT2D eigenvalue weighted by Crippen LogP contribution is -2.60. The molecule has 5 rings (SSSR count). The fraction of sp³-hybridized carbons (Fsp3) is 0.464. The maximum absolute atomic E-state index is 13.7. The number of carbonyl (C=O) groups is 3. The summed E-state index contributed by atoms with van der Waals surface area (Å²) >= 11 is 0. The molecule has 2 aromatic rings. The van der Waals surface area contributed by atoms with Gasteiger partial charge in [-0.3, -0.25) is 19.3 Å². The number of likely N-dealkylation sites (tertiary alicyclic amines) is 1. The summed E-state index contributed by atoms with van der Waals surface area (Å²) in [5, 5.41) is 2.97. The fourth-order valence-corrected chi connectivity index (χ4v) is 5.42. The molecule has 3 saturated heterocycles. The summed E-state index contributed by atoms with van der Waals surface area (Å²) in [7, 11) is 1.57. The van der Waals surface area contributed by atoms with Gasteiger partial charge >= 0.3 is 0 Å². The molecule has 0 aliphatic carbocycles. The standard InChI is InChI=1S/C28H33N3O6/c1-35-22-10-5-9-21(17-22)26(33)30-14-12-28(13-15-30)31(27(34)20-7-3-2-4-8-20)24(19-37-28)25(32)29-18-23-11-6-16-36-23/h2-5,7-10,17,23-24H,6,11-16,18-19H2,1H3,(H,29,32)/t23-,24+/m1/s1. The van der Waals surface area contributed by atoms with Crippen molar-refractivity contribution in [2.75, 3.05) is 40.0 Å². The van der Waals surface area contributed by atoms with Gasteiger partial charge in [0.25, 0.3) is 11.8 Å². The van der Waals surface area contributed by atoms with Crippen LogP contribution in [0.1, 0.15) is 46.4 Å². The third kappa shape index (κ3) is 5.19. The van der Waals surface area contributed by atoms with E-state index in [1.165, 1.54) is 0 Å². The molecular weight excluding hydrogens is 474 g/mol. The van der Waals surface area contributed by atoms with Gasteiger partial charge in [-0.1, -0.05) is 24.3 Å². The molecule has 9 nitrogen and oxygen atoms in total.